The van der Waals surface area contributed by atoms with Gasteiger partial charge in [0.25, 0.3) is 0 Å². The van der Waals surface area contributed by atoms with Crippen LogP contribution in [0.4, 0.5) is 20.5 Å². The van der Waals surface area contributed by atoms with E-state index >= 15 is 0 Å². The lowest BCUT2D eigenvalue weighted by molar-refractivity contribution is 0.305. The number of benzene rings is 2. The molecule has 0 unspecified atom stereocenters. The number of hydrogen-bond donors (Lipinski definition) is 2. The molecule has 1 heterocycles. The van der Waals surface area contributed by atoms with E-state index in [1.807, 2.05) is 6.07 Å². The highest BCUT2D eigenvalue weighted by molar-refractivity contribution is 5.73. The van der Waals surface area contributed by atoms with Crippen LogP contribution in [0.3, 0.4) is 0 Å². The summed E-state index contributed by atoms with van der Waals surface area (Å²) in [5.74, 6) is -0.885. The Bertz CT molecular complexity index is 979. The van der Waals surface area contributed by atoms with Gasteiger partial charge in [0.2, 0.25) is 5.95 Å². The predicted molar refractivity (Wildman–Crippen MR) is 91.7 cm³/mol. The van der Waals surface area contributed by atoms with E-state index in [9.17, 15) is 14.0 Å². The number of rotatable bonds is 4. The zero-order chi connectivity index (χ0) is 18.7. The molecule has 0 amide bonds. The quantitative estimate of drug-likeness (QED) is 0.746. The summed E-state index contributed by atoms with van der Waals surface area (Å²) >= 11 is 0. The second-order valence-electron chi connectivity index (χ2n) is 5.39. The Morgan fingerprint density at radius 2 is 1.65 bits per heavy atom. The van der Waals surface area contributed by atoms with Gasteiger partial charge in [-0.3, -0.25) is 0 Å². The first kappa shape index (κ1) is 17.1. The van der Waals surface area contributed by atoms with Crippen LogP contribution in [0.15, 0.2) is 42.5 Å². The predicted octanol–water partition coefficient (Wildman–Crippen LogP) is 3.04. The highest BCUT2D eigenvalue weighted by atomic mass is 19.1. The van der Waals surface area contributed by atoms with Crippen molar-refractivity contribution in [3.63, 3.8) is 0 Å². The average Bonchev–Trinajstić information content (AvgIpc) is 2.59. The molecule has 8 heteroatoms. The number of hydrogen-bond acceptors (Lipinski definition) is 6. The second kappa shape index (κ2) is 7.03. The molecule has 26 heavy (non-hydrogen) atoms. The van der Waals surface area contributed by atoms with Crippen LogP contribution in [0.2, 0.25) is 0 Å². The molecule has 3 rings (SSSR count). The normalized spacial score (nSPS) is 10.3. The van der Waals surface area contributed by atoms with Crippen LogP contribution in [0, 0.1) is 23.0 Å². The molecule has 3 aromatic rings. The first-order valence-electron chi connectivity index (χ1n) is 7.47. The molecule has 0 radical (unpaired) electrons. The van der Waals surface area contributed by atoms with Gasteiger partial charge >= 0.3 is 0 Å². The van der Waals surface area contributed by atoms with Crippen LogP contribution in [0.1, 0.15) is 11.1 Å². The largest absolute Gasteiger partial charge is 0.489 e. The molecule has 130 valence electrons. The molecule has 0 spiro atoms. The Hall–Kier alpha value is -3.73. The van der Waals surface area contributed by atoms with Gasteiger partial charge in [-0.15, -0.1) is 0 Å². The van der Waals surface area contributed by atoms with E-state index in [-0.39, 0.29) is 23.9 Å². The molecular formula is C18H13F2N5O. The Labute approximate surface area is 147 Å². The third-order valence-electron chi connectivity index (χ3n) is 3.52. The van der Waals surface area contributed by atoms with E-state index in [1.165, 1.54) is 12.1 Å². The molecule has 0 aliphatic heterocycles. The molecule has 4 N–H and O–H groups in total. The van der Waals surface area contributed by atoms with Gasteiger partial charge in [0.05, 0.1) is 5.69 Å². The van der Waals surface area contributed by atoms with Crippen LogP contribution >= 0.6 is 0 Å². The van der Waals surface area contributed by atoms with E-state index in [4.69, 9.17) is 16.2 Å². The number of nitrogen functional groups attached to an aromatic ring is 2. The topological polar surface area (TPSA) is 111 Å². The summed E-state index contributed by atoms with van der Waals surface area (Å²) in [6.45, 7) is 0.00484. The van der Waals surface area contributed by atoms with Gasteiger partial charge in [-0.1, -0.05) is 0 Å². The standard InChI is InChI=1S/C18H13F2N5O/c19-12-5-10(6-13(20)7-12)9-26-14-3-1-11(2-4-14)16-15(8-21)17(22)25-18(23)24-16/h1-7H,9H2,(H4,22,23,24,25). The van der Waals surface area contributed by atoms with Crippen molar-refractivity contribution in [3.8, 4) is 23.1 Å². The molecule has 0 atom stereocenters. The number of halogens is 2. The minimum atomic E-state index is -0.665. The monoisotopic (exact) mass is 353 g/mol. The molecule has 1 aromatic heterocycles. The smallest absolute Gasteiger partial charge is 0.222 e. The molecule has 0 saturated heterocycles. The van der Waals surface area contributed by atoms with Crippen molar-refractivity contribution in [1.82, 2.24) is 9.97 Å². The van der Waals surface area contributed by atoms with Gasteiger partial charge in [0, 0.05) is 11.6 Å². The molecule has 0 aliphatic rings. The van der Waals surface area contributed by atoms with Crippen LogP contribution in [0.25, 0.3) is 11.3 Å². The van der Waals surface area contributed by atoms with Gasteiger partial charge < -0.3 is 16.2 Å². The van der Waals surface area contributed by atoms with Crippen molar-refractivity contribution in [2.45, 2.75) is 6.61 Å². The van der Waals surface area contributed by atoms with Gasteiger partial charge in [-0.25, -0.2) is 13.8 Å². The highest BCUT2D eigenvalue weighted by Crippen LogP contribution is 2.27. The number of nitriles is 1. The Balaban J connectivity index is 1.80. The van der Waals surface area contributed by atoms with Crippen LogP contribution in [-0.2, 0) is 6.61 Å². The third kappa shape index (κ3) is 3.67. The van der Waals surface area contributed by atoms with Crippen LogP contribution in [-0.4, -0.2) is 9.97 Å². The zero-order valence-corrected chi connectivity index (χ0v) is 13.4. The van der Waals surface area contributed by atoms with E-state index < -0.39 is 11.6 Å². The first-order chi connectivity index (χ1) is 12.5. The number of nitrogens with two attached hydrogens (primary N) is 2. The molecule has 2 aromatic carbocycles. The van der Waals surface area contributed by atoms with Gasteiger partial charge in [0.1, 0.15) is 41.4 Å². The van der Waals surface area contributed by atoms with Crippen molar-refractivity contribution in [1.29, 1.82) is 5.26 Å². The van der Waals surface area contributed by atoms with Crippen molar-refractivity contribution in [2.75, 3.05) is 11.5 Å². The molecule has 0 aliphatic carbocycles. The maximum atomic E-state index is 13.2. The Kier molecular flexibility index (Phi) is 4.62. The SMILES string of the molecule is N#Cc1c(N)nc(N)nc1-c1ccc(OCc2cc(F)cc(F)c2)cc1. The minimum absolute atomic E-state index is 0.00320. The van der Waals surface area contributed by atoms with E-state index in [1.54, 1.807) is 24.3 Å². The van der Waals surface area contributed by atoms with Crippen molar-refractivity contribution >= 4 is 11.8 Å². The zero-order valence-electron chi connectivity index (χ0n) is 13.4. The van der Waals surface area contributed by atoms with Crippen LogP contribution < -0.4 is 16.2 Å². The van der Waals surface area contributed by atoms with Gasteiger partial charge in [0.15, 0.2) is 0 Å². The number of aromatic nitrogens is 2. The fraction of sp³-hybridized carbons (Fsp3) is 0.0556. The summed E-state index contributed by atoms with van der Waals surface area (Å²) in [4.78, 5) is 7.82. The van der Waals surface area contributed by atoms with Crippen molar-refractivity contribution in [3.05, 3.63) is 65.2 Å². The summed E-state index contributed by atoms with van der Waals surface area (Å²) in [5.41, 5.74) is 12.7. The first-order valence-corrected chi connectivity index (χ1v) is 7.47. The van der Waals surface area contributed by atoms with E-state index in [0.29, 0.717) is 22.6 Å². The molecule has 0 saturated carbocycles. The van der Waals surface area contributed by atoms with E-state index in [0.717, 1.165) is 6.07 Å². The number of anilines is 2. The summed E-state index contributed by atoms with van der Waals surface area (Å²) < 4.78 is 31.9. The molecular weight excluding hydrogens is 340 g/mol. The number of nitrogens with zero attached hydrogens (tertiary/aromatic N) is 3. The minimum Gasteiger partial charge on any atom is -0.489 e. The summed E-state index contributed by atoms with van der Waals surface area (Å²) in [6, 6.07) is 11.8. The summed E-state index contributed by atoms with van der Waals surface area (Å²) in [5, 5.41) is 9.22. The number of ether oxygens (including phenoxy) is 1. The lowest BCUT2D eigenvalue weighted by Crippen LogP contribution is -2.05. The average molecular weight is 353 g/mol. The van der Waals surface area contributed by atoms with Crippen molar-refractivity contribution in [2.24, 2.45) is 0 Å². The summed E-state index contributed by atoms with van der Waals surface area (Å²) in [7, 11) is 0. The molecule has 6 nitrogen and oxygen atoms in total. The third-order valence-corrected chi connectivity index (χ3v) is 3.52. The fourth-order valence-corrected chi connectivity index (χ4v) is 2.39. The summed E-state index contributed by atoms with van der Waals surface area (Å²) in [6.07, 6.45) is 0. The Morgan fingerprint density at radius 3 is 2.27 bits per heavy atom. The van der Waals surface area contributed by atoms with Crippen molar-refractivity contribution < 1.29 is 13.5 Å². The lowest BCUT2D eigenvalue weighted by atomic mass is 10.1. The maximum Gasteiger partial charge on any atom is 0.222 e. The molecule has 0 bridgehead atoms. The van der Waals surface area contributed by atoms with Gasteiger partial charge in [-0.05, 0) is 42.0 Å². The molecule has 0 fully saturated rings. The lowest BCUT2D eigenvalue weighted by Gasteiger charge is -2.09. The fourth-order valence-electron chi connectivity index (χ4n) is 2.39. The van der Waals surface area contributed by atoms with Crippen LogP contribution in [0.5, 0.6) is 5.75 Å². The second-order valence-corrected chi connectivity index (χ2v) is 5.39. The van der Waals surface area contributed by atoms with E-state index in [2.05, 4.69) is 9.97 Å². The highest BCUT2D eigenvalue weighted by Gasteiger charge is 2.13. The van der Waals surface area contributed by atoms with Gasteiger partial charge in [-0.2, -0.15) is 10.2 Å². The maximum absolute atomic E-state index is 13.2. The Morgan fingerprint density at radius 1 is 1.00 bits per heavy atom.